The Bertz CT molecular complexity index is 338. The minimum atomic E-state index is 0. The molecule has 128 valence electrons. The van der Waals surface area contributed by atoms with Gasteiger partial charge in [0.25, 0.3) is 0 Å². The van der Waals surface area contributed by atoms with Crippen molar-refractivity contribution in [2.45, 2.75) is 90.5 Å². The highest BCUT2D eigenvalue weighted by molar-refractivity contribution is 5.32. The number of unbranched alkanes of at least 4 members (excludes halogenated alkanes) is 11. The number of halogens is 1. The standard InChI is InChI=1S/C19H34N2.BrH/c1-2-3-4-5-6-7-8-9-10-11-12-13-16-21-17-14-19(20)15-18-21;/h14-15,17-18,20H,2-13,16H2,1H3;1H. The van der Waals surface area contributed by atoms with Crippen LogP contribution in [0.5, 0.6) is 0 Å². The summed E-state index contributed by atoms with van der Waals surface area (Å²) >= 11 is 0. The van der Waals surface area contributed by atoms with Crippen LogP contribution in [-0.2, 0) is 6.54 Å². The maximum absolute atomic E-state index is 5.68. The fourth-order valence-electron chi connectivity index (χ4n) is 2.75. The van der Waals surface area contributed by atoms with Gasteiger partial charge in [-0.1, -0.05) is 71.1 Å². The third-order valence-corrected chi connectivity index (χ3v) is 4.19. The number of aryl methyl sites for hydroxylation is 1. The van der Waals surface area contributed by atoms with E-state index >= 15 is 0 Å². The van der Waals surface area contributed by atoms with E-state index in [2.05, 4.69) is 23.9 Å². The van der Waals surface area contributed by atoms with Crippen LogP contribution in [-0.4, -0.2) is 0 Å². The van der Waals surface area contributed by atoms with Gasteiger partial charge in [0.1, 0.15) is 6.54 Å². The van der Waals surface area contributed by atoms with Gasteiger partial charge in [-0.2, -0.15) is 0 Å². The van der Waals surface area contributed by atoms with Crippen LogP contribution < -0.4 is 27.3 Å². The Morgan fingerprint density at radius 3 is 1.59 bits per heavy atom. The lowest BCUT2D eigenvalue weighted by Crippen LogP contribution is -3.00. The molecule has 0 spiro atoms. The number of nitrogens with two attached hydrogens (primary N) is 1. The van der Waals surface area contributed by atoms with E-state index < -0.39 is 0 Å². The van der Waals surface area contributed by atoms with Crippen LogP contribution in [0.1, 0.15) is 84.0 Å². The molecule has 0 atom stereocenters. The minimum absolute atomic E-state index is 0. The van der Waals surface area contributed by atoms with Crippen molar-refractivity contribution in [2.24, 2.45) is 0 Å². The van der Waals surface area contributed by atoms with Crippen LogP contribution in [0.15, 0.2) is 24.5 Å². The monoisotopic (exact) mass is 370 g/mol. The molecule has 0 aliphatic heterocycles. The molecule has 1 heterocycles. The normalized spacial score (nSPS) is 10.4. The summed E-state index contributed by atoms with van der Waals surface area (Å²) in [7, 11) is 0. The lowest BCUT2D eigenvalue weighted by molar-refractivity contribution is -0.697. The number of nitrogens with zero attached hydrogens (tertiary/aromatic N) is 1. The Labute approximate surface area is 148 Å². The van der Waals surface area contributed by atoms with E-state index in [-0.39, 0.29) is 17.0 Å². The van der Waals surface area contributed by atoms with Crippen LogP contribution in [0.3, 0.4) is 0 Å². The zero-order chi connectivity index (χ0) is 15.2. The van der Waals surface area contributed by atoms with Crippen molar-refractivity contribution in [1.82, 2.24) is 0 Å². The maximum Gasteiger partial charge on any atom is 0.170 e. The maximum atomic E-state index is 5.68. The molecule has 2 nitrogen and oxygen atoms in total. The van der Waals surface area contributed by atoms with Crippen molar-refractivity contribution < 1.29 is 21.5 Å². The van der Waals surface area contributed by atoms with Gasteiger partial charge < -0.3 is 22.7 Å². The first-order chi connectivity index (χ1) is 10.3. The average Bonchev–Trinajstić information content (AvgIpc) is 2.50. The Kier molecular flexibility index (Phi) is 14.9. The Morgan fingerprint density at radius 2 is 1.14 bits per heavy atom. The van der Waals surface area contributed by atoms with Gasteiger partial charge in [-0.3, -0.25) is 0 Å². The Morgan fingerprint density at radius 1 is 0.727 bits per heavy atom. The summed E-state index contributed by atoms with van der Waals surface area (Å²) < 4.78 is 2.23. The number of rotatable bonds is 13. The highest BCUT2D eigenvalue weighted by Gasteiger charge is 1.99. The van der Waals surface area contributed by atoms with E-state index in [1.54, 1.807) is 0 Å². The Hall–Kier alpha value is -0.570. The second kappa shape index (κ2) is 15.3. The van der Waals surface area contributed by atoms with Crippen LogP contribution in [0, 0.1) is 0 Å². The second-order valence-electron chi connectivity index (χ2n) is 6.26. The fraction of sp³-hybridized carbons (Fsp3) is 0.737. The molecule has 0 bridgehead atoms. The second-order valence-corrected chi connectivity index (χ2v) is 6.26. The summed E-state index contributed by atoms with van der Waals surface area (Å²) in [5.41, 5.74) is 6.53. The number of aromatic nitrogens is 1. The van der Waals surface area contributed by atoms with E-state index in [1.807, 2.05) is 12.1 Å². The molecule has 2 N–H and O–H groups in total. The van der Waals surface area contributed by atoms with Crippen LogP contribution in [0.4, 0.5) is 5.69 Å². The first kappa shape index (κ1) is 21.4. The molecule has 0 aliphatic rings. The first-order valence-electron chi connectivity index (χ1n) is 9.07. The molecule has 0 saturated carbocycles. The number of hydrogen-bond donors (Lipinski definition) is 1. The van der Waals surface area contributed by atoms with Gasteiger partial charge >= 0.3 is 0 Å². The lowest BCUT2D eigenvalue weighted by atomic mass is 10.1. The van der Waals surface area contributed by atoms with Crippen molar-refractivity contribution in [1.29, 1.82) is 0 Å². The highest BCUT2D eigenvalue weighted by atomic mass is 79.9. The lowest BCUT2D eigenvalue weighted by Gasteiger charge is -2.02. The van der Waals surface area contributed by atoms with E-state index in [0.717, 1.165) is 12.2 Å². The van der Waals surface area contributed by atoms with Crippen LogP contribution >= 0.6 is 0 Å². The molecular weight excluding hydrogens is 336 g/mol. The molecule has 1 aromatic rings. The zero-order valence-corrected chi connectivity index (χ0v) is 16.0. The van der Waals surface area contributed by atoms with Gasteiger partial charge in [0.2, 0.25) is 0 Å². The summed E-state index contributed by atoms with van der Waals surface area (Å²) in [6.45, 7) is 3.41. The molecule has 1 aromatic heterocycles. The first-order valence-corrected chi connectivity index (χ1v) is 9.07. The van der Waals surface area contributed by atoms with E-state index in [0.29, 0.717) is 0 Å². The predicted octanol–water partition coefficient (Wildman–Crippen LogP) is 2.26. The van der Waals surface area contributed by atoms with Crippen LogP contribution in [0.2, 0.25) is 0 Å². The quantitative estimate of drug-likeness (QED) is 0.418. The van der Waals surface area contributed by atoms with Crippen molar-refractivity contribution >= 4 is 5.69 Å². The number of hydrogen-bond acceptors (Lipinski definition) is 1. The molecule has 0 amide bonds. The third kappa shape index (κ3) is 12.0. The molecule has 1 rings (SSSR count). The van der Waals surface area contributed by atoms with E-state index in [1.165, 1.54) is 77.0 Å². The zero-order valence-electron chi connectivity index (χ0n) is 14.4. The van der Waals surface area contributed by atoms with Crippen molar-refractivity contribution in [2.75, 3.05) is 5.73 Å². The fourth-order valence-corrected chi connectivity index (χ4v) is 2.75. The van der Waals surface area contributed by atoms with E-state index in [9.17, 15) is 0 Å². The van der Waals surface area contributed by atoms with Gasteiger partial charge in [-0.15, -0.1) is 0 Å². The molecule has 22 heavy (non-hydrogen) atoms. The number of pyridine rings is 1. The summed E-state index contributed by atoms with van der Waals surface area (Å²) in [6.07, 6.45) is 21.1. The van der Waals surface area contributed by atoms with Gasteiger partial charge in [-0.05, 0) is 6.42 Å². The molecule has 0 aromatic carbocycles. The molecule has 0 unspecified atom stereocenters. The molecule has 0 aliphatic carbocycles. The molecular formula is C19H35BrN2. The summed E-state index contributed by atoms with van der Waals surface area (Å²) in [6, 6.07) is 3.95. The number of anilines is 1. The topological polar surface area (TPSA) is 29.9 Å². The van der Waals surface area contributed by atoms with Crippen molar-refractivity contribution in [3.05, 3.63) is 24.5 Å². The third-order valence-electron chi connectivity index (χ3n) is 4.19. The van der Waals surface area contributed by atoms with Gasteiger partial charge in [-0.25, -0.2) is 4.57 Å². The van der Waals surface area contributed by atoms with Crippen molar-refractivity contribution in [3.8, 4) is 0 Å². The molecule has 0 radical (unpaired) electrons. The highest BCUT2D eigenvalue weighted by Crippen LogP contribution is 2.11. The van der Waals surface area contributed by atoms with Crippen molar-refractivity contribution in [3.63, 3.8) is 0 Å². The Balaban J connectivity index is 0.00000441. The largest absolute Gasteiger partial charge is 1.00 e. The molecule has 0 fully saturated rings. The average molecular weight is 371 g/mol. The number of nitrogen functional groups attached to an aromatic ring is 1. The SMILES string of the molecule is CCCCCCCCCCCCCC[n+]1ccc(N)cc1.[Br-]. The smallest absolute Gasteiger partial charge is 0.170 e. The summed E-state index contributed by atoms with van der Waals surface area (Å²) in [5, 5.41) is 0. The molecule has 3 heteroatoms. The molecule has 0 saturated heterocycles. The van der Waals surface area contributed by atoms with Gasteiger partial charge in [0, 0.05) is 24.2 Å². The van der Waals surface area contributed by atoms with Gasteiger partial charge in [0.15, 0.2) is 12.4 Å². The minimum Gasteiger partial charge on any atom is -1.00 e. The predicted molar refractivity (Wildman–Crippen MR) is 92.1 cm³/mol. The van der Waals surface area contributed by atoms with Crippen LogP contribution in [0.25, 0.3) is 0 Å². The summed E-state index contributed by atoms with van der Waals surface area (Å²) in [5.74, 6) is 0. The van der Waals surface area contributed by atoms with Gasteiger partial charge in [0.05, 0.1) is 0 Å². The van der Waals surface area contributed by atoms with E-state index in [4.69, 9.17) is 5.73 Å². The summed E-state index contributed by atoms with van der Waals surface area (Å²) in [4.78, 5) is 0.